The number of carbonyl (C=O) groups is 3. The number of benzene rings is 1. The molecular formula is C32H52ClFN4O7Si. The van der Waals surface area contributed by atoms with Crippen molar-refractivity contribution in [1.29, 1.82) is 0 Å². The highest BCUT2D eigenvalue weighted by molar-refractivity contribution is 6.77. The Kier molecular flexibility index (Phi) is 15.5. The number of likely N-dealkylation sites (tertiary alicyclic amines) is 1. The molecule has 4 amide bonds. The number of amides is 4. The van der Waals surface area contributed by atoms with Crippen molar-refractivity contribution in [3.05, 3.63) is 34.6 Å². The van der Waals surface area contributed by atoms with Gasteiger partial charge in [0.1, 0.15) is 5.82 Å². The minimum absolute atomic E-state index is 0.153. The molecule has 0 radical (unpaired) electrons. The quantitative estimate of drug-likeness (QED) is 0.100. The van der Waals surface area contributed by atoms with E-state index in [2.05, 4.69) is 41.9 Å². The second-order valence-corrected chi connectivity index (χ2v) is 19.6. The van der Waals surface area contributed by atoms with Crippen LogP contribution in [-0.4, -0.2) is 102 Å². The first-order valence-electron chi connectivity index (χ1n) is 16.3. The van der Waals surface area contributed by atoms with Crippen LogP contribution in [0.1, 0.15) is 50.7 Å². The third kappa shape index (κ3) is 12.6. The molecule has 3 unspecified atom stereocenters. The van der Waals surface area contributed by atoms with Crippen LogP contribution in [-0.2, 0) is 23.8 Å². The third-order valence-electron chi connectivity index (χ3n) is 8.93. The average molecular weight is 687 g/mol. The van der Waals surface area contributed by atoms with Crippen LogP contribution in [0.4, 0.5) is 14.0 Å². The molecule has 2 N–H and O–H groups in total. The lowest BCUT2D eigenvalue weighted by Crippen LogP contribution is -2.52. The fraction of sp³-hybridized carbons (Fsp3) is 0.719. The Morgan fingerprint density at radius 2 is 2.02 bits per heavy atom. The largest absolute Gasteiger partial charge is 0.453 e. The van der Waals surface area contributed by atoms with Gasteiger partial charge in [0.2, 0.25) is 6.41 Å². The predicted molar refractivity (Wildman–Crippen MR) is 177 cm³/mol. The van der Waals surface area contributed by atoms with Gasteiger partial charge in [-0.15, -0.1) is 0 Å². The van der Waals surface area contributed by atoms with E-state index in [1.54, 1.807) is 11.0 Å². The van der Waals surface area contributed by atoms with Crippen LogP contribution < -0.4 is 10.6 Å². The van der Waals surface area contributed by atoms with Crippen molar-refractivity contribution in [3.63, 3.8) is 0 Å². The summed E-state index contributed by atoms with van der Waals surface area (Å²) in [5, 5.41) is 7.32. The van der Waals surface area contributed by atoms with Gasteiger partial charge in [-0.2, -0.15) is 0 Å². The first kappa shape index (κ1) is 38.0. The molecule has 0 aromatic heterocycles. The fourth-order valence-electron chi connectivity index (χ4n) is 5.74. The normalized spacial score (nSPS) is 20.7. The van der Waals surface area contributed by atoms with E-state index in [0.29, 0.717) is 50.2 Å². The van der Waals surface area contributed by atoms with Crippen LogP contribution in [0.15, 0.2) is 18.2 Å². The molecule has 3 rings (SSSR count). The van der Waals surface area contributed by atoms with E-state index in [1.165, 1.54) is 24.3 Å². The number of alkyl carbamates (subject to hydrolysis) is 1. The van der Waals surface area contributed by atoms with Gasteiger partial charge in [-0.1, -0.05) is 38.2 Å². The van der Waals surface area contributed by atoms with Crippen LogP contribution in [0, 0.1) is 17.7 Å². The summed E-state index contributed by atoms with van der Waals surface area (Å²) >= 11 is 6.20. The molecular weight excluding hydrogens is 635 g/mol. The van der Waals surface area contributed by atoms with Crippen molar-refractivity contribution >= 4 is 38.2 Å². The molecule has 260 valence electrons. The summed E-state index contributed by atoms with van der Waals surface area (Å²) in [6.07, 6.45) is 3.62. The molecule has 0 spiro atoms. The molecule has 46 heavy (non-hydrogen) atoms. The van der Waals surface area contributed by atoms with Gasteiger partial charge in [-0.3, -0.25) is 9.63 Å². The van der Waals surface area contributed by atoms with Crippen molar-refractivity contribution in [2.45, 2.75) is 76.4 Å². The topological polar surface area (TPSA) is 119 Å². The number of hydrogen-bond acceptors (Lipinski definition) is 7. The maximum Gasteiger partial charge on any atom is 0.406 e. The van der Waals surface area contributed by atoms with E-state index in [-0.39, 0.29) is 48.6 Å². The number of nitrogens with one attached hydrogen (secondary N) is 2. The lowest BCUT2D eigenvalue weighted by atomic mass is 9.88. The summed E-state index contributed by atoms with van der Waals surface area (Å²) in [5.74, 6) is -0.375. The molecule has 2 heterocycles. The first-order valence-corrected chi connectivity index (χ1v) is 20.2. The highest BCUT2D eigenvalue weighted by atomic mass is 35.5. The minimum atomic E-state index is -1.45. The van der Waals surface area contributed by atoms with Crippen molar-refractivity contribution in [2.24, 2.45) is 11.8 Å². The molecule has 1 aromatic rings. The van der Waals surface area contributed by atoms with Crippen molar-refractivity contribution in [3.8, 4) is 0 Å². The van der Waals surface area contributed by atoms with Crippen LogP contribution in [0.5, 0.6) is 0 Å². The SMILES string of the molecule is COC(=O)NCCOC(c1cc(F)cc(Cl)c1)[C@@H]1CCCN(C(=O)N[C@H](CC2CCCOC2)CN(C=O)OCC(C)[Si](C)(C)C)C1. The molecule has 0 bridgehead atoms. The van der Waals surface area contributed by atoms with Gasteiger partial charge in [0.15, 0.2) is 0 Å². The number of carbonyl (C=O) groups excluding carboxylic acids is 3. The molecule has 2 aliphatic rings. The van der Waals surface area contributed by atoms with Crippen LogP contribution in [0.3, 0.4) is 0 Å². The van der Waals surface area contributed by atoms with Gasteiger partial charge in [0.05, 0.1) is 39.0 Å². The first-order chi connectivity index (χ1) is 21.9. The molecule has 11 nitrogen and oxygen atoms in total. The molecule has 1 aromatic carbocycles. The monoisotopic (exact) mass is 686 g/mol. The zero-order valence-corrected chi connectivity index (χ0v) is 29.7. The van der Waals surface area contributed by atoms with Crippen LogP contribution in [0.2, 0.25) is 30.2 Å². The van der Waals surface area contributed by atoms with Gasteiger partial charge in [-0.25, -0.2) is 19.0 Å². The fourth-order valence-corrected chi connectivity index (χ4v) is 6.54. The standard InChI is InChI=1S/C32H52ClFN4O7Si/c1-23(46(3,4)5)20-45-38(22-39)19-29(14-24-8-7-12-43-21-24)36-31(40)37-11-6-9-25(18-37)30(44-13-10-35-32(41)42-2)26-15-27(33)17-28(34)16-26/h15-17,22-25,29-30H,6-14,18-21H2,1-5H3,(H,35,41)(H,36,40)/t23?,24?,25-,29-,30?/m1/s1. The summed E-state index contributed by atoms with van der Waals surface area (Å²) in [4.78, 5) is 45.0. The van der Waals surface area contributed by atoms with E-state index >= 15 is 0 Å². The Balaban J connectivity index is 1.71. The summed E-state index contributed by atoms with van der Waals surface area (Å²) in [7, 11) is -0.173. The number of hydroxylamine groups is 2. The van der Waals surface area contributed by atoms with E-state index in [0.717, 1.165) is 32.3 Å². The highest BCUT2D eigenvalue weighted by Gasteiger charge is 2.33. The number of halogens is 2. The molecule has 2 saturated heterocycles. The Morgan fingerprint density at radius 3 is 2.67 bits per heavy atom. The Bertz CT molecular complexity index is 1100. The maximum atomic E-state index is 14.4. The molecule has 5 atom stereocenters. The molecule has 2 fully saturated rings. The number of piperidine rings is 1. The average Bonchev–Trinajstić information content (AvgIpc) is 3.02. The number of hydrogen-bond donors (Lipinski definition) is 2. The zero-order valence-electron chi connectivity index (χ0n) is 27.9. The number of ether oxygens (including phenoxy) is 3. The van der Waals surface area contributed by atoms with Crippen LogP contribution in [0.25, 0.3) is 0 Å². The summed E-state index contributed by atoms with van der Waals surface area (Å²) in [5.41, 5.74) is 0.913. The Labute approximate surface area is 278 Å². The van der Waals surface area contributed by atoms with Crippen LogP contribution >= 0.6 is 11.6 Å². The molecule has 14 heteroatoms. The Hall–Kier alpha value is -2.45. The second-order valence-electron chi connectivity index (χ2n) is 13.5. The van der Waals surface area contributed by atoms with E-state index in [1.807, 2.05) is 0 Å². The third-order valence-corrected chi connectivity index (χ3v) is 12.3. The van der Waals surface area contributed by atoms with Gasteiger partial charge < -0.3 is 29.7 Å². The summed E-state index contributed by atoms with van der Waals surface area (Å²) in [6, 6.07) is 3.71. The number of methoxy groups -OCH3 is 1. The highest BCUT2D eigenvalue weighted by Crippen LogP contribution is 2.34. The number of urea groups is 1. The van der Waals surface area contributed by atoms with Crippen molar-refractivity contribution in [2.75, 3.05) is 59.7 Å². The number of rotatable bonds is 16. The lowest BCUT2D eigenvalue weighted by Gasteiger charge is -2.38. The zero-order chi connectivity index (χ0) is 33.7. The van der Waals surface area contributed by atoms with Crippen molar-refractivity contribution in [1.82, 2.24) is 20.6 Å². The summed E-state index contributed by atoms with van der Waals surface area (Å²) < 4.78 is 30.9. The predicted octanol–water partition coefficient (Wildman–Crippen LogP) is 5.62. The van der Waals surface area contributed by atoms with E-state index in [9.17, 15) is 18.8 Å². The molecule has 0 aliphatic carbocycles. The van der Waals surface area contributed by atoms with E-state index < -0.39 is 26.1 Å². The summed E-state index contributed by atoms with van der Waals surface area (Å²) in [6.45, 7) is 12.2. The Morgan fingerprint density at radius 1 is 1.24 bits per heavy atom. The smallest absolute Gasteiger partial charge is 0.406 e. The molecule has 0 saturated carbocycles. The maximum absolute atomic E-state index is 14.4. The number of nitrogens with zero attached hydrogens (tertiary/aromatic N) is 2. The van der Waals surface area contributed by atoms with Gasteiger partial charge >= 0.3 is 12.1 Å². The lowest BCUT2D eigenvalue weighted by molar-refractivity contribution is -0.174. The minimum Gasteiger partial charge on any atom is -0.453 e. The van der Waals surface area contributed by atoms with Gasteiger partial charge in [0.25, 0.3) is 0 Å². The molecule has 2 aliphatic heterocycles. The van der Waals surface area contributed by atoms with Gasteiger partial charge in [0, 0.05) is 51.9 Å². The van der Waals surface area contributed by atoms with Crippen molar-refractivity contribution < 1.29 is 37.8 Å². The van der Waals surface area contributed by atoms with E-state index in [4.69, 9.17) is 25.9 Å². The van der Waals surface area contributed by atoms with Gasteiger partial charge in [-0.05, 0) is 67.3 Å². The second kappa shape index (κ2) is 18.8.